The van der Waals surface area contributed by atoms with Crippen LogP contribution < -0.4 is 0 Å². The molecule has 0 fully saturated rings. The first-order valence-electron chi connectivity index (χ1n) is 5.68. The number of aromatic nitrogens is 1. The highest BCUT2D eigenvalue weighted by Gasteiger charge is 2.08. The molecular weight excluding hydrogens is 246 g/mol. The van der Waals surface area contributed by atoms with Crippen LogP contribution >= 0.6 is 11.8 Å². The highest BCUT2D eigenvalue weighted by molar-refractivity contribution is 8.00. The van der Waals surface area contributed by atoms with Crippen LogP contribution in [0, 0.1) is 13.8 Å². The van der Waals surface area contributed by atoms with Gasteiger partial charge < -0.3 is 4.74 Å². The number of benzene rings is 1. The van der Waals surface area contributed by atoms with Crippen LogP contribution in [0.3, 0.4) is 0 Å². The number of esters is 1. The zero-order valence-electron chi connectivity index (χ0n) is 10.7. The molecule has 94 valence electrons. The maximum atomic E-state index is 11.2. The lowest BCUT2D eigenvalue weighted by atomic mass is 10.1. The second kappa shape index (κ2) is 5.40. The van der Waals surface area contributed by atoms with Crippen LogP contribution in [0.2, 0.25) is 0 Å². The molecule has 18 heavy (non-hydrogen) atoms. The summed E-state index contributed by atoms with van der Waals surface area (Å²) in [6, 6.07) is 8.10. The molecule has 0 saturated carbocycles. The van der Waals surface area contributed by atoms with E-state index in [1.54, 1.807) is 0 Å². The summed E-state index contributed by atoms with van der Waals surface area (Å²) in [4.78, 5) is 16.8. The Balaban J connectivity index is 2.43. The van der Waals surface area contributed by atoms with Gasteiger partial charge in [0.2, 0.25) is 0 Å². The van der Waals surface area contributed by atoms with Gasteiger partial charge in [-0.15, -0.1) is 11.8 Å². The fraction of sp³-hybridized carbons (Fsp3) is 0.286. The molecule has 3 nitrogen and oxygen atoms in total. The predicted molar refractivity (Wildman–Crippen MR) is 74.0 cm³/mol. The lowest BCUT2D eigenvalue weighted by Gasteiger charge is -2.08. The van der Waals surface area contributed by atoms with Gasteiger partial charge in [0.05, 0.1) is 18.4 Å². The Bertz CT molecular complexity index is 596. The zero-order chi connectivity index (χ0) is 13.1. The Morgan fingerprint density at radius 3 is 2.89 bits per heavy atom. The number of fused-ring (bicyclic) bond motifs is 1. The van der Waals surface area contributed by atoms with E-state index < -0.39 is 0 Å². The Morgan fingerprint density at radius 2 is 2.17 bits per heavy atom. The minimum Gasteiger partial charge on any atom is -0.468 e. The van der Waals surface area contributed by atoms with Gasteiger partial charge in [-0.3, -0.25) is 9.78 Å². The molecule has 1 heterocycles. The predicted octanol–water partition coefficient (Wildman–Crippen LogP) is 3.12. The topological polar surface area (TPSA) is 39.2 Å². The summed E-state index contributed by atoms with van der Waals surface area (Å²) in [5.41, 5.74) is 3.12. The average molecular weight is 261 g/mol. The number of aryl methyl sites for hydroxylation is 2. The molecule has 0 spiro atoms. The summed E-state index contributed by atoms with van der Waals surface area (Å²) >= 11 is 1.49. The molecular formula is C14H15NO2S. The maximum absolute atomic E-state index is 11.2. The molecule has 0 bridgehead atoms. The van der Waals surface area contributed by atoms with E-state index in [1.807, 2.05) is 38.1 Å². The zero-order valence-corrected chi connectivity index (χ0v) is 11.5. The molecule has 0 aliphatic carbocycles. The average Bonchev–Trinajstić information content (AvgIpc) is 2.36. The number of hydrogen-bond acceptors (Lipinski definition) is 4. The van der Waals surface area contributed by atoms with Crippen molar-refractivity contribution in [3.05, 3.63) is 35.5 Å². The Hall–Kier alpha value is -1.55. The van der Waals surface area contributed by atoms with Crippen molar-refractivity contribution in [2.45, 2.75) is 18.7 Å². The number of ether oxygens (including phenoxy) is 1. The molecule has 4 heteroatoms. The summed E-state index contributed by atoms with van der Waals surface area (Å²) in [7, 11) is 1.41. The largest absolute Gasteiger partial charge is 0.468 e. The minimum absolute atomic E-state index is 0.213. The molecule has 0 aliphatic rings. The summed E-state index contributed by atoms with van der Waals surface area (Å²) in [5, 5.41) is 1.09. The van der Waals surface area contributed by atoms with Gasteiger partial charge in [-0.05, 0) is 25.5 Å². The minimum atomic E-state index is -0.213. The van der Waals surface area contributed by atoms with E-state index in [1.165, 1.54) is 18.9 Å². The normalized spacial score (nSPS) is 10.6. The molecule has 2 aromatic rings. The van der Waals surface area contributed by atoms with Crippen LogP contribution in [0.15, 0.2) is 29.2 Å². The van der Waals surface area contributed by atoms with Crippen LogP contribution in [0.4, 0.5) is 0 Å². The number of para-hydroxylation sites is 1. The van der Waals surface area contributed by atoms with Crippen molar-refractivity contribution in [2.24, 2.45) is 0 Å². The third-order valence-electron chi connectivity index (χ3n) is 2.70. The van der Waals surface area contributed by atoms with E-state index in [0.717, 1.165) is 27.1 Å². The quantitative estimate of drug-likeness (QED) is 0.628. The first-order chi connectivity index (χ1) is 8.61. The molecule has 0 amide bonds. The summed E-state index contributed by atoms with van der Waals surface area (Å²) in [6.07, 6.45) is 0. The van der Waals surface area contributed by atoms with Gasteiger partial charge in [0, 0.05) is 16.0 Å². The van der Waals surface area contributed by atoms with E-state index in [2.05, 4.69) is 9.72 Å². The van der Waals surface area contributed by atoms with Crippen molar-refractivity contribution in [1.82, 2.24) is 4.98 Å². The molecule has 1 aromatic carbocycles. The highest BCUT2D eigenvalue weighted by atomic mass is 32.2. The van der Waals surface area contributed by atoms with Gasteiger partial charge in [-0.25, -0.2) is 0 Å². The number of methoxy groups -OCH3 is 1. The van der Waals surface area contributed by atoms with Crippen LogP contribution in [0.25, 0.3) is 10.9 Å². The van der Waals surface area contributed by atoms with Gasteiger partial charge in [0.25, 0.3) is 0 Å². The van der Waals surface area contributed by atoms with E-state index in [4.69, 9.17) is 0 Å². The van der Waals surface area contributed by atoms with Crippen molar-refractivity contribution in [1.29, 1.82) is 0 Å². The highest BCUT2D eigenvalue weighted by Crippen LogP contribution is 2.29. The summed E-state index contributed by atoms with van der Waals surface area (Å²) in [6.45, 7) is 4.01. The number of hydrogen-bond donors (Lipinski definition) is 0. The molecule has 0 N–H and O–H groups in total. The van der Waals surface area contributed by atoms with Gasteiger partial charge >= 0.3 is 5.97 Å². The first kappa shape index (κ1) is 12.9. The van der Waals surface area contributed by atoms with E-state index in [0.29, 0.717) is 5.75 Å². The van der Waals surface area contributed by atoms with E-state index in [9.17, 15) is 4.79 Å². The lowest BCUT2D eigenvalue weighted by Crippen LogP contribution is -2.03. The molecule has 0 radical (unpaired) electrons. The van der Waals surface area contributed by atoms with Crippen molar-refractivity contribution in [2.75, 3.05) is 12.9 Å². The number of pyridine rings is 1. The number of carbonyl (C=O) groups is 1. The van der Waals surface area contributed by atoms with E-state index in [-0.39, 0.29) is 5.97 Å². The number of nitrogens with zero attached hydrogens (tertiary/aromatic N) is 1. The van der Waals surface area contributed by atoms with Crippen LogP contribution in [0.1, 0.15) is 11.3 Å². The van der Waals surface area contributed by atoms with Gasteiger partial charge in [-0.1, -0.05) is 18.2 Å². The molecule has 0 aliphatic heterocycles. The summed E-state index contributed by atoms with van der Waals surface area (Å²) in [5.74, 6) is 0.110. The fourth-order valence-electron chi connectivity index (χ4n) is 1.80. The summed E-state index contributed by atoms with van der Waals surface area (Å²) < 4.78 is 4.66. The second-order valence-electron chi connectivity index (χ2n) is 4.10. The van der Waals surface area contributed by atoms with Gasteiger partial charge in [0.1, 0.15) is 0 Å². The van der Waals surface area contributed by atoms with Crippen LogP contribution in [0.5, 0.6) is 0 Å². The van der Waals surface area contributed by atoms with Crippen molar-refractivity contribution in [3.8, 4) is 0 Å². The Morgan fingerprint density at radius 1 is 1.39 bits per heavy atom. The van der Waals surface area contributed by atoms with Gasteiger partial charge in [0.15, 0.2) is 0 Å². The van der Waals surface area contributed by atoms with Crippen LogP contribution in [-0.4, -0.2) is 23.8 Å². The second-order valence-corrected chi connectivity index (χ2v) is 5.11. The number of carbonyl (C=O) groups excluding carboxylic acids is 1. The molecule has 0 saturated heterocycles. The first-order valence-corrected chi connectivity index (χ1v) is 6.67. The smallest absolute Gasteiger partial charge is 0.315 e. The lowest BCUT2D eigenvalue weighted by molar-refractivity contribution is -0.137. The van der Waals surface area contributed by atoms with Gasteiger partial charge in [-0.2, -0.15) is 0 Å². The van der Waals surface area contributed by atoms with E-state index >= 15 is 0 Å². The number of rotatable bonds is 3. The maximum Gasteiger partial charge on any atom is 0.315 e. The monoisotopic (exact) mass is 261 g/mol. The van der Waals surface area contributed by atoms with Crippen molar-refractivity contribution < 1.29 is 9.53 Å². The van der Waals surface area contributed by atoms with Crippen molar-refractivity contribution in [3.63, 3.8) is 0 Å². The molecule has 2 rings (SSSR count). The standard InChI is InChI=1S/C14H15NO2S/c1-9-5-4-6-11-12(18-8-13(16)17-3)7-10(2)15-14(9)11/h4-7H,8H2,1-3H3. The Kier molecular flexibility index (Phi) is 3.87. The SMILES string of the molecule is COC(=O)CSc1cc(C)nc2c(C)cccc12. The van der Waals surface area contributed by atoms with Crippen molar-refractivity contribution >= 4 is 28.6 Å². The third kappa shape index (κ3) is 2.64. The number of thioether (sulfide) groups is 1. The molecule has 0 unspecified atom stereocenters. The third-order valence-corrected chi connectivity index (χ3v) is 3.73. The molecule has 1 aromatic heterocycles. The fourth-order valence-corrected chi connectivity index (χ4v) is 2.76. The Labute approximate surface area is 111 Å². The van der Waals surface area contributed by atoms with Crippen LogP contribution in [-0.2, 0) is 9.53 Å². The molecule has 0 atom stereocenters.